The van der Waals surface area contributed by atoms with E-state index in [-0.39, 0.29) is 18.5 Å². The Labute approximate surface area is 135 Å². The van der Waals surface area contributed by atoms with Crippen LogP contribution in [0.5, 0.6) is 11.5 Å². The van der Waals surface area contributed by atoms with E-state index in [9.17, 15) is 4.79 Å². The van der Waals surface area contributed by atoms with Crippen molar-refractivity contribution < 1.29 is 14.3 Å². The molecule has 1 N–H and O–H groups in total. The van der Waals surface area contributed by atoms with Gasteiger partial charge in [0.05, 0.1) is 6.04 Å². The van der Waals surface area contributed by atoms with Gasteiger partial charge in [-0.1, -0.05) is 15.9 Å². The Bertz CT molecular complexity index is 675. The number of hydrogen-bond donors (Lipinski definition) is 1. The van der Waals surface area contributed by atoms with Gasteiger partial charge in [0.2, 0.25) is 5.91 Å². The molecule has 0 radical (unpaired) electrons. The predicted octanol–water partition coefficient (Wildman–Crippen LogP) is 1.69. The van der Waals surface area contributed by atoms with E-state index in [2.05, 4.69) is 31.3 Å². The van der Waals surface area contributed by atoms with Crippen LogP contribution in [0.25, 0.3) is 0 Å². The Hall–Kier alpha value is -2.09. The molecule has 0 aliphatic carbocycles. The lowest BCUT2D eigenvalue weighted by Gasteiger charge is -2.22. The largest absolute Gasteiger partial charge is 0.486 e. The summed E-state index contributed by atoms with van der Waals surface area (Å²) in [5.41, 5.74) is 0.927. The highest BCUT2D eigenvalue weighted by molar-refractivity contribution is 9.10. The number of carbonyl (C=O) groups excluding carboxylic acids is 1. The minimum Gasteiger partial charge on any atom is -0.486 e. The minimum absolute atomic E-state index is 0.131. The van der Waals surface area contributed by atoms with Crippen LogP contribution in [0.4, 0.5) is 0 Å². The van der Waals surface area contributed by atoms with Gasteiger partial charge in [0.15, 0.2) is 11.5 Å². The Balaban J connectivity index is 1.71. The molecule has 1 amide bonds. The zero-order chi connectivity index (χ0) is 15.5. The lowest BCUT2D eigenvalue weighted by molar-refractivity contribution is -0.122. The van der Waals surface area contributed by atoms with Crippen LogP contribution in [0.1, 0.15) is 18.5 Å². The number of amides is 1. The molecule has 0 bridgehead atoms. The average molecular weight is 367 g/mol. The van der Waals surface area contributed by atoms with Crippen molar-refractivity contribution >= 4 is 21.8 Å². The molecule has 0 fully saturated rings. The Morgan fingerprint density at radius 2 is 2.14 bits per heavy atom. The minimum atomic E-state index is -0.179. The van der Waals surface area contributed by atoms with Crippen LogP contribution < -0.4 is 14.8 Å². The van der Waals surface area contributed by atoms with Gasteiger partial charge in [-0.2, -0.15) is 5.10 Å². The molecule has 1 aromatic carbocycles. The standard InChI is InChI=1S/C14H15BrN4O3/c1-9(18-14(20)6-19-8-16-7-17-19)10-4-12-13(5-11(10)15)22-3-2-21-12/h4-5,7-9H,2-3,6H2,1H3,(H,18,20). The Kier molecular flexibility index (Phi) is 4.28. The second-order valence-electron chi connectivity index (χ2n) is 4.90. The molecule has 0 saturated carbocycles. The SMILES string of the molecule is CC(NC(=O)Cn1cncn1)c1cc2c(cc1Br)OCCO2. The van der Waals surface area contributed by atoms with Gasteiger partial charge in [-0.05, 0) is 24.6 Å². The van der Waals surface area contributed by atoms with E-state index in [0.29, 0.717) is 24.7 Å². The Morgan fingerprint density at radius 3 is 2.82 bits per heavy atom. The van der Waals surface area contributed by atoms with Crippen LogP contribution in [-0.2, 0) is 11.3 Å². The molecule has 116 valence electrons. The molecule has 1 aromatic heterocycles. The van der Waals surface area contributed by atoms with Crippen LogP contribution >= 0.6 is 15.9 Å². The van der Waals surface area contributed by atoms with Crippen molar-refractivity contribution in [3.8, 4) is 11.5 Å². The summed E-state index contributed by atoms with van der Waals surface area (Å²) in [7, 11) is 0. The maximum atomic E-state index is 12.0. The van der Waals surface area contributed by atoms with E-state index in [0.717, 1.165) is 10.0 Å². The molecule has 22 heavy (non-hydrogen) atoms. The fourth-order valence-electron chi connectivity index (χ4n) is 2.24. The van der Waals surface area contributed by atoms with Crippen molar-refractivity contribution in [2.75, 3.05) is 13.2 Å². The summed E-state index contributed by atoms with van der Waals surface area (Å²) in [6, 6.07) is 3.57. The molecule has 0 spiro atoms. The fraction of sp³-hybridized carbons (Fsp3) is 0.357. The van der Waals surface area contributed by atoms with Crippen molar-refractivity contribution in [1.82, 2.24) is 20.1 Å². The maximum absolute atomic E-state index is 12.0. The summed E-state index contributed by atoms with van der Waals surface area (Å²) in [6.07, 6.45) is 2.90. The highest BCUT2D eigenvalue weighted by Crippen LogP contribution is 2.37. The number of aromatic nitrogens is 3. The first-order valence-corrected chi connectivity index (χ1v) is 7.63. The zero-order valence-electron chi connectivity index (χ0n) is 12.0. The van der Waals surface area contributed by atoms with Gasteiger partial charge < -0.3 is 14.8 Å². The lowest BCUT2D eigenvalue weighted by Crippen LogP contribution is -2.30. The lowest BCUT2D eigenvalue weighted by atomic mass is 10.1. The molecular weight excluding hydrogens is 352 g/mol. The first-order valence-electron chi connectivity index (χ1n) is 6.84. The fourth-order valence-corrected chi connectivity index (χ4v) is 2.90. The average Bonchev–Trinajstić information content (AvgIpc) is 2.99. The van der Waals surface area contributed by atoms with E-state index in [4.69, 9.17) is 9.47 Å². The van der Waals surface area contributed by atoms with Crippen LogP contribution in [0.2, 0.25) is 0 Å². The highest BCUT2D eigenvalue weighted by Gasteiger charge is 2.19. The number of hydrogen-bond acceptors (Lipinski definition) is 5. The summed E-state index contributed by atoms with van der Waals surface area (Å²) >= 11 is 3.51. The zero-order valence-corrected chi connectivity index (χ0v) is 13.5. The second kappa shape index (κ2) is 6.35. The third kappa shape index (κ3) is 3.22. The van der Waals surface area contributed by atoms with Gasteiger partial charge in [0, 0.05) is 4.47 Å². The quantitative estimate of drug-likeness (QED) is 0.890. The van der Waals surface area contributed by atoms with Crippen molar-refractivity contribution in [3.63, 3.8) is 0 Å². The first-order chi connectivity index (χ1) is 10.6. The third-order valence-corrected chi connectivity index (χ3v) is 3.96. The van der Waals surface area contributed by atoms with Gasteiger partial charge in [0.1, 0.15) is 32.4 Å². The number of nitrogens with one attached hydrogen (secondary N) is 1. The van der Waals surface area contributed by atoms with Crippen LogP contribution in [-0.4, -0.2) is 33.9 Å². The number of nitrogens with zero attached hydrogens (tertiary/aromatic N) is 3. The molecule has 3 rings (SSSR count). The summed E-state index contributed by atoms with van der Waals surface area (Å²) < 4.78 is 13.4. The van der Waals surface area contributed by atoms with E-state index >= 15 is 0 Å². The normalized spacial score (nSPS) is 14.5. The summed E-state index contributed by atoms with van der Waals surface area (Å²) in [6.45, 7) is 3.12. The molecular formula is C14H15BrN4O3. The molecule has 7 nitrogen and oxygen atoms in total. The van der Waals surface area contributed by atoms with E-state index in [1.807, 2.05) is 19.1 Å². The maximum Gasteiger partial charge on any atom is 0.242 e. The third-order valence-electron chi connectivity index (χ3n) is 3.28. The topological polar surface area (TPSA) is 78.3 Å². The number of ether oxygens (including phenoxy) is 2. The molecule has 2 heterocycles. The van der Waals surface area contributed by atoms with E-state index < -0.39 is 0 Å². The van der Waals surface area contributed by atoms with Crippen LogP contribution in [0.15, 0.2) is 29.3 Å². The van der Waals surface area contributed by atoms with Crippen molar-refractivity contribution in [3.05, 3.63) is 34.8 Å². The monoisotopic (exact) mass is 366 g/mol. The van der Waals surface area contributed by atoms with Crippen molar-refractivity contribution in [2.45, 2.75) is 19.5 Å². The predicted molar refractivity (Wildman–Crippen MR) is 81.7 cm³/mol. The van der Waals surface area contributed by atoms with Gasteiger partial charge in [-0.25, -0.2) is 9.67 Å². The summed E-state index contributed by atoms with van der Waals surface area (Å²) in [4.78, 5) is 15.8. The number of rotatable bonds is 4. The number of benzene rings is 1. The van der Waals surface area contributed by atoms with Crippen molar-refractivity contribution in [2.24, 2.45) is 0 Å². The molecule has 1 aliphatic rings. The molecule has 1 aliphatic heterocycles. The highest BCUT2D eigenvalue weighted by atomic mass is 79.9. The Morgan fingerprint density at radius 1 is 1.41 bits per heavy atom. The summed E-state index contributed by atoms with van der Waals surface area (Å²) in [5, 5.41) is 6.84. The van der Waals surface area contributed by atoms with Gasteiger partial charge in [-0.3, -0.25) is 4.79 Å². The van der Waals surface area contributed by atoms with Crippen LogP contribution in [0.3, 0.4) is 0 Å². The first kappa shape index (κ1) is 14.8. The van der Waals surface area contributed by atoms with Gasteiger partial charge in [-0.15, -0.1) is 0 Å². The summed E-state index contributed by atoms with van der Waals surface area (Å²) in [5.74, 6) is 1.27. The molecule has 1 atom stereocenters. The van der Waals surface area contributed by atoms with E-state index in [1.165, 1.54) is 17.3 Å². The van der Waals surface area contributed by atoms with E-state index in [1.54, 1.807) is 0 Å². The second-order valence-corrected chi connectivity index (χ2v) is 5.75. The molecule has 0 saturated heterocycles. The molecule has 2 aromatic rings. The number of fused-ring (bicyclic) bond motifs is 1. The molecule has 8 heteroatoms. The van der Waals surface area contributed by atoms with Crippen LogP contribution in [0, 0.1) is 0 Å². The number of carbonyl (C=O) groups is 1. The smallest absolute Gasteiger partial charge is 0.242 e. The van der Waals surface area contributed by atoms with Crippen molar-refractivity contribution in [1.29, 1.82) is 0 Å². The number of halogens is 1. The molecule has 1 unspecified atom stereocenters. The van der Waals surface area contributed by atoms with Gasteiger partial charge in [0.25, 0.3) is 0 Å². The van der Waals surface area contributed by atoms with Gasteiger partial charge >= 0.3 is 0 Å².